The fraction of sp³-hybridized carbons (Fsp3) is 0.100. The van der Waals surface area contributed by atoms with Crippen LogP contribution in [0.4, 0.5) is 13.2 Å². The Morgan fingerprint density at radius 3 is 1.25 bits per heavy atom. The van der Waals surface area contributed by atoms with Gasteiger partial charge in [-0.2, -0.15) is 12.6 Å². The Bertz CT molecular complexity index is 910. The lowest BCUT2D eigenvalue weighted by Gasteiger charge is -2.40. The van der Waals surface area contributed by atoms with E-state index in [2.05, 4.69) is 4.18 Å². The van der Waals surface area contributed by atoms with Crippen LogP contribution in [0.2, 0.25) is 0 Å². The molecule has 3 rings (SSSR count). The molecule has 0 bridgehead atoms. The van der Waals surface area contributed by atoms with Crippen molar-refractivity contribution in [2.24, 2.45) is 0 Å². The molecule has 3 aromatic rings. The molecule has 0 aliphatic carbocycles. The van der Waals surface area contributed by atoms with Crippen molar-refractivity contribution >= 4 is 20.1 Å². The van der Waals surface area contributed by atoms with Gasteiger partial charge in [-0.3, -0.25) is 0 Å². The molecule has 28 heavy (non-hydrogen) atoms. The maximum absolute atomic E-state index is 12.7. The summed E-state index contributed by atoms with van der Waals surface area (Å²) in [6.45, 7) is 0. The third kappa shape index (κ3) is 4.57. The predicted octanol–water partition coefficient (Wildman–Crippen LogP) is 5.79. The van der Waals surface area contributed by atoms with Crippen LogP contribution in [-0.4, -0.2) is 19.9 Å². The minimum atomic E-state index is -5.28. The molecule has 0 radical (unpaired) electrons. The van der Waals surface area contributed by atoms with Crippen molar-refractivity contribution in [3.63, 3.8) is 0 Å². The number of hydrogen-bond acceptors (Lipinski definition) is 3. The molecule has 8 heteroatoms. The molecule has 0 saturated heterocycles. The molecule has 0 N–H and O–H groups in total. The molecule has 0 fully saturated rings. The summed E-state index contributed by atoms with van der Waals surface area (Å²) in [4.78, 5) is 1.88. The van der Waals surface area contributed by atoms with Crippen LogP contribution in [0.25, 0.3) is 0 Å². The Morgan fingerprint density at radius 1 is 0.643 bits per heavy atom. The van der Waals surface area contributed by atoms with Gasteiger partial charge in [0.25, 0.3) is 10.1 Å². The minimum absolute atomic E-state index is 0.627. The van der Waals surface area contributed by atoms with E-state index in [9.17, 15) is 21.6 Å². The molecule has 0 unspecified atom stereocenters. The molecule has 0 aliphatic rings. The highest BCUT2D eigenvalue weighted by molar-refractivity contribution is 8.38. The first kappa shape index (κ1) is 20.4. The van der Waals surface area contributed by atoms with Crippen LogP contribution in [0, 0.1) is 0 Å². The van der Waals surface area contributed by atoms with Crippen LogP contribution in [-0.2, 0) is 14.3 Å². The van der Waals surface area contributed by atoms with E-state index in [0.717, 1.165) is 0 Å². The molecule has 0 amide bonds. The van der Waals surface area contributed by atoms with E-state index in [1.54, 1.807) is 91.0 Å². The van der Waals surface area contributed by atoms with Gasteiger partial charge in [0, 0.05) is 0 Å². The number of rotatable bonds is 6. The van der Waals surface area contributed by atoms with Crippen molar-refractivity contribution in [1.82, 2.24) is 0 Å². The van der Waals surface area contributed by atoms with E-state index in [-0.39, 0.29) is 0 Å². The molecule has 0 heterocycles. The SMILES string of the molecule is O=S(=O)(CS(c1ccccc1)(c1ccccc1)c1ccccc1)OC(F)(F)F. The molecule has 3 nitrogen and oxygen atoms in total. The lowest BCUT2D eigenvalue weighted by molar-refractivity contribution is -0.271. The first-order valence-corrected chi connectivity index (χ1v) is 11.6. The van der Waals surface area contributed by atoms with Gasteiger partial charge in [-0.15, -0.1) is 23.2 Å². The highest BCUT2D eigenvalue weighted by atomic mass is 32.3. The van der Waals surface area contributed by atoms with Gasteiger partial charge in [0.1, 0.15) is 5.08 Å². The third-order valence-corrected chi connectivity index (χ3v) is 10.2. The summed E-state index contributed by atoms with van der Waals surface area (Å²) in [6, 6.07) is 26.1. The zero-order chi connectivity index (χ0) is 20.3. The summed E-state index contributed by atoms with van der Waals surface area (Å²) in [5, 5.41) is -0.822. The number of alkyl halides is 3. The van der Waals surface area contributed by atoms with Crippen LogP contribution >= 0.6 is 10.0 Å². The van der Waals surface area contributed by atoms with Crippen molar-refractivity contribution in [2.45, 2.75) is 21.0 Å². The Kier molecular flexibility index (Phi) is 5.83. The van der Waals surface area contributed by atoms with Crippen LogP contribution < -0.4 is 0 Å². The summed E-state index contributed by atoms with van der Waals surface area (Å²) in [7, 11) is -7.50. The smallest absolute Gasteiger partial charge is 0.198 e. The number of benzene rings is 3. The molecule has 0 aliphatic heterocycles. The Balaban J connectivity index is 2.29. The summed E-state index contributed by atoms with van der Waals surface area (Å²) in [6.07, 6.45) is -5.28. The van der Waals surface area contributed by atoms with E-state index in [4.69, 9.17) is 0 Å². The predicted molar refractivity (Wildman–Crippen MR) is 103 cm³/mol. The van der Waals surface area contributed by atoms with E-state index < -0.39 is 31.6 Å². The zero-order valence-electron chi connectivity index (χ0n) is 14.5. The van der Waals surface area contributed by atoms with Crippen molar-refractivity contribution in [3.05, 3.63) is 91.0 Å². The van der Waals surface area contributed by atoms with Gasteiger partial charge >= 0.3 is 6.36 Å². The van der Waals surface area contributed by atoms with Gasteiger partial charge < -0.3 is 0 Å². The Hall–Kier alpha value is -2.29. The quantitative estimate of drug-likeness (QED) is 0.469. The first-order valence-electron chi connectivity index (χ1n) is 8.19. The van der Waals surface area contributed by atoms with Crippen LogP contribution in [0.5, 0.6) is 0 Å². The second-order valence-corrected chi connectivity index (χ2v) is 11.0. The largest absolute Gasteiger partial charge is 0.537 e. The molecule has 0 saturated carbocycles. The highest BCUT2D eigenvalue weighted by Crippen LogP contribution is 2.68. The van der Waals surface area contributed by atoms with Crippen molar-refractivity contribution in [3.8, 4) is 0 Å². The Labute approximate surface area is 163 Å². The molecular formula is C20H17F3O3S2. The molecular weight excluding hydrogens is 409 g/mol. The average molecular weight is 426 g/mol. The third-order valence-electron chi connectivity index (χ3n) is 3.98. The molecule has 148 valence electrons. The molecule has 0 atom stereocenters. The maximum Gasteiger partial charge on any atom is 0.537 e. The van der Waals surface area contributed by atoms with Crippen LogP contribution in [0.15, 0.2) is 106 Å². The summed E-state index contributed by atoms with van der Waals surface area (Å²) < 4.78 is 66.7. The normalized spacial score (nSPS) is 13.2. The van der Waals surface area contributed by atoms with Gasteiger partial charge in [0.15, 0.2) is 0 Å². The minimum Gasteiger partial charge on any atom is -0.198 e. The van der Waals surface area contributed by atoms with Crippen molar-refractivity contribution in [1.29, 1.82) is 0 Å². The summed E-state index contributed by atoms with van der Waals surface area (Å²) >= 11 is 0. The van der Waals surface area contributed by atoms with Crippen LogP contribution in [0.1, 0.15) is 0 Å². The fourth-order valence-electron chi connectivity index (χ4n) is 2.96. The van der Waals surface area contributed by atoms with E-state index in [1.807, 2.05) is 0 Å². The van der Waals surface area contributed by atoms with Crippen molar-refractivity contribution < 1.29 is 25.8 Å². The zero-order valence-corrected chi connectivity index (χ0v) is 16.2. The van der Waals surface area contributed by atoms with Crippen molar-refractivity contribution in [2.75, 3.05) is 5.08 Å². The average Bonchev–Trinajstić information content (AvgIpc) is 2.66. The molecule has 0 aromatic heterocycles. The second kappa shape index (κ2) is 7.98. The topological polar surface area (TPSA) is 43.4 Å². The number of hydrogen-bond donors (Lipinski definition) is 0. The fourth-order valence-corrected chi connectivity index (χ4v) is 9.48. The van der Waals surface area contributed by atoms with E-state index in [0.29, 0.717) is 14.7 Å². The summed E-state index contributed by atoms with van der Waals surface area (Å²) in [5.74, 6) is 0. The van der Waals surface area contributed by atoms with E-state index >= 15 is 0 Å². The van der Waals surface area contributed by atoms with E-state index in [1.165, 1.54) is 0 Å². The van der Waals surface area contributed by atoms with Gasteiger partial charge in [-0.05, 0) is 51.1 Å². The van der Waals surface area contributed by atoms with Crippen LogP contribution in [0.3, 0.4) is 0 Å². The second-order valence-electron chi connectivity index (χ2n) is 5.88. The standard InChI is InChI=1S/C20H17F3O3S2/c21-20(22,23)26-28(24,25)16-27(17-10-4-1-5-11-17,18-12-6-2-7-13-18)19-14-8-3-9-15-19/h1-15H,16H2. The van der Waals surface area contributed by atoms with Gasteiger partial charge in [0.05, 0.1) is 0 Å². The van der Waals surface area contributed by atoms with Gasteiger partial charge in [-0.25, -0.2) is 0 Å². The maximum atomic E-state index is 12.7. The van der Waals surface area contributed by atoms with Gasteiger partial charge in [-0.1, -0.05) is 54.6 Å². The lowest BCUT2D eigenvalue weighted by atomic mass is 10.4. The van der Waals surface area contributed by atoms with Gasteiger partial charge in [0.2, 0.25) is 0 Å². The molecule has 3 aromatic carbocycles. The lowest BCUT2D eigenvalue weighted by Crippen LogP contribution is -2.25. The molecule has 0 spiro atoms. The first-order chi connectivity index (χ1) is 13.2. The number of halogens is 3. The Morgan fingerprint density at radius 2 is 0.964 bits per heavy atom. The highest BCUT2D eigenvalue weighted by Gasteiger charge is 2.42. The summed E-state index contributed by atoms with van der Waals surface area (Å²) in [5.41, 5.74) is 0. The monoisotopic (exact) mass is 426 g/mol.